The average Bonchev–Trinajstić information content (AvgIpc) is 2.40. The minimum atomic E-state index is -0.280. The standard InChI is InChI=1S/C16H20O4/c1-11(17)19-10-9-15-14-6-4-3-5-13(14)7-8-16(15)20-12(2)18/h3-6,15-16H,7-10H2,1-2H3/t15-,16-/m1/s1. The van der Waals surface area contributed by atoms with Crippen LogP contribution < -0.4 is 0 Å². The summed E-state index contributed by atoms with van der Waals surface area (Å²) in [6.07, 6.45) is 2.28. The molecule has 0 spiro atoms. The second kappa shape index (κ2) is 6.55. The Morgan fingerprint density at radius 2 is 1.95 bits per heavy atom. The second-order valence-electron chi connectivity index (χ2n) is 5.12. The van der Waals surface area contributed by atoms with E-state index in [0.717, 1.165) is 12.8 Å². The molecule has 1 aromatic carbocycles. The summed E-state index contributed by atoms with van der Waals surface area (Å²) in [7, 11) is 0. The highest BCUT2D eigenvalue weighted by Crippen LogP contribution is 2.36. The SMILES string of the molecule is CC(=O)OCC[C@@H]1c2ccccc2CC[C@H]1OC(C)=O. The molecule has 0 saturated heterocycles. The van der Waals surface area contributed by atoms with E-state index in [1.165, 1.54) is 25.0 Å². The smallest absolute Gasteiger partial charge is 0.302 e. The van der Waals surface area contributed by atoms with Crippen molar-refractivity contribution in [3.63, 3.8) is 0 Å². The number of ether oxygens (including phenoxy) is 2. The molecule has 1 aromatic rings. The minimum Gasteiger partial charge on any atom is -0.466 e. The summed E-state index contributed by atoms with van der Waals surface area (Å²) in [4.78, 5) is 22.1. The van der Waals surface area contributed by atoms with Crippen molar-refractivity contribution in [2.45, 2.75) is 45.1 Å². The van der Waals surface area contributed by atoms with Gasteiger partial charge in [0, 0.05) is 19.8 Å². The maximum Gasteiger partial charge on any atom is 0.302 e. The molecule has 0 N–H and O–H groups in total. The monoisotopic (exact) mass is 276 g/mol. The second-order valence-corrected chi connectivity index (χ2v) is 5.12. The van der Waals surface area contributed by atoms with Crippen LogP contribution in [0.2, 0.25) is 0 Å². The number of hydrogen-bond acceptors (Lipinski definition) is 4. The third-order valence-electron chi connectivity index (χ3n) is 3.65. The molecule has 1 aliphatic rings. The molecule has 0 unspecified atom stereocenters. The Balaban J connectivity index is 2.14. The molecule has 1 aliphatic carbocycles. The quantitative estimate of drug-likeness (QED) is 0.793. The fraction of sp³-hybridized carbons (Fsp3) is 0.500. The molecule has 108 valence electrons. The number of carbonyl (C=O) groups excluding carboxylic acids is 2. The van der Waals surface area contributed by atoms with Gasteiger partial charge in [-0.05, 0) is 30.4 Å². The van der Waals surface area contributed by atoms with Crippen molar-refractivity contribution in [1.29, 1.82) is 0 Å². The summed E-state index contributed by atoms with van der Waals surface area (Å²) >= 11 is 0. The Kier molecular flexibility index (Phi) is 4.77. The molecule has 0 aromatic heterocycles. The fourth-order valence-corrected chi connectivity index (χ4v) is 2.85. The Bertz CT molecular complexity index is 495. The van der Waals surface area contributed by atoms with Crippen molar-refractivity contribution in [2.75, 3.05) is 6.61 Å². The van der Waals surface area contributed by atoms with E-state index in [1.54, 1.807) is 0 Å². The van der Waals surface area contributed by atoms with E-state index in [9.17, 15) is 9.59 Å². The van der Waals surface area contributed by atoms with Crippen LogP contribution in [0.1, 0.15) is 43.7 Å². The maximum absolute atomic E-state index is 11.2. The van der Waals surface area contributed by atoms with Crippen LogP contribution in [0.25, 0.3) is 0 Å². The first kappa shape index (κ1) is 14.6. The van der Waals surface area contributed by atoms with Crippen LogP contribution in [0.5, 0.6) is 0 Å². The third kappa shape index (κ3) is 3.59. The Morgan fingerprint density at radius 1 is 1.20 bits per heavy atom. The average molecular weight is 276 g/mol. The topological polar surface area (TPSA) is 52.6 Å². The highest BCUT2D eigenvalue weighted by atomic mass is 16.5. The zero-order chi connectivity index (χ0) is 14.5. The summed E-state index contributed by atoms with van der Waals surface area (Å²) in [5.74, 6) is -0.437. The van der Waals surface area contributed by atoms with Crippen LogP contribution in [-0.2, 0) is 25.5 Å². The predicted octanol–water partition coefficient (Wildman–Crippen LogP) is 2.60. The van der Waals surface area contributed by atoms with Gasteiger partial charge in [0.05, 0.1) is 6.61 Å². The molecule has 0 aliphatic heterocycles. The molecule has 0 fully saturated rings. The first-order valence-electron chi connectivity index (χ1n) is 6.96. The van der Waals surface area contributed by atoms with Gasteiger partial charge in [0.2, 0.25) is 0 Å². The van der Waals surface area contributed by atoms with Crippen LogP contribution in [0, 0.1) is 0 Å². The molecule has 0 radical (unpaired) electrons. The van der Waals surface area contributed by atoms with Gasteiger partial charge in [-0.2, -0.15) is 0 Å². The summed E-state index contributed by atoms with van der Waals surface area (Å²) in [5, 5.41) is 0. The largest absolute Gasteiger partial charge is 0.466 e. The van der Waals surface area contributed by atoms with E-state index < -0.39 is 0 Å². The fourth-order valence-electron chi connectivity index (χ4n) is 2.85. The van der Waals surface area contributed by atoms with Crippen molar-refractivity contribution in [3.8, 4) is 0 Å². The van der Waals surface area contributed by atoms with Crippen LogP contribution in [0.4, 0.5) is 0 Å². The highest BCUT2D eigenvalue weighted by Gasteiger charge is 2.31. The molecular weight excluding hydrogens is 256 g/mol. The first-order chi connectivity index (χ1) is 9.58. The number of hydrogen-bond donors (Lipinski definition) is 0. The van der Waals surface area contributed by atoms with Crippen LogP contribution in [0.3, 0.4) is 0 Å². The lowest BCUT2D eigenvalue weighted by Gasteiger charge is -2.33. The Hall–Kier alpha value is -1.84. The number of aryl methyl sites for hydroxylation is 1. The van der Waals surface area contributed by atoms with Gasteiger partial charge in [0.1, 0.15) is 6.10 Å². The number of rotatable bonds is 4. The number of fused-ring (bicyclic) bond motifs is 1. The number of esters is 2. The molecule has 4 nitrogen and oxygen atoms in total. The van der Waals surface area contributed by atoms with Crippen molar-refractivity contribution >= 4 is 11.9 Å². The third-order valence-corrected chi connectivity index (χ3v) is 3.65. The van der Waals surface area contributed by atoms with Gasteiger partial charge < -0.3 is 9.47 Å². The zero-order valence-corrected chi connectivity index (χ0v) is 11.9. The number of benzene rings is 1. The van der Waals surface area contributed by atoms with Crippen LogP contribution >= 0.6 is 0 Å². The maximum atomic E-state index is 11.2. The molecular formula is C16H20O4. The lowest BCUT2D eigenvalue weighted by atomic mass is 9.79. The van der Waals surface area contributed by atoms with Gasteiger partial charge in [-0.25, -0.2) is 0 Å². The van der Waals surface area contributed by atoms with Gasteiger partial charge in [0.15, 0.2) is 0 Å². The van der Waals surface area contributed by atoms with Gasteiger partial charge in [0.25, 0.3) is 0 Å². The van der Waals surface area contributed by atoms with E-state index in [1.807, 2.05) is 12.1 Å². The highest BCUT2D eigenvalue weighted by molar-refractivity contribution is 5.66. The van der Waals surface area contributed by atoms with E-state index in [2.05, 4.69) is 12.1 Å². The minimum absolute atomic E-state index is 0.100. The summed E-state index contributed by atoms with van der Waals surface area (Å²) in [6.45, 7) is 3.19. The van der Waals surface area contributed by atoms with Gasteiger partial charge in [-0.15, -0.1) is 0 Å². The molecule has 20 heavy (non-hydrogen) atoms. The summed E-state index contributed by atoms with van der Waals surface area (Å²) in [5.41, 5.74) is 2.50. The molecule has 2 atom stereocenters. The van der Waals surface area contributed by atoms with Crippen molar-refractivity contribution in [2.24, 2.45) is 0 Å². The van der Waals surface area contributed by atoms with Crippen molar-refractivity contribution < 1.29 is 19.1 Å². The lowest BCUT2D eigenvalue weighted by Crippen LogP contribution is -2.30. The number of carbonyl (C=O) groups is 2. The molecule has 0 saturated carbocycles. The van der Waals surface area contributed by atoms with Gasteiger partial charge >= 0.3 is 11.9 Å². The summed E-state index contributed by atoms with van der Waals surface area (Å²) < 4.78 is 10.5. The molecule has 0 heterocycles. The zero-order valence-electron chi connectivity index (χ0n) is 11.9. The molecule has 0 bridgehead atoms. The Morgan fingerprint density at radius 3 is 2.65 bits per heavy atom. The van der Waals surface area contributed by atoms with E-state index in [4.69, 9.17) is 9.47 Å². The lowest BCUT2D eigenvalue weighted by molar-refractivity contribution is -0.149. The van der Waals surface area contributed by atoms with Crippen LogP contribution in [-0.4, -0.2) is 24.6 Å². The van der Waals surface area contributed by atoms with Crippen LogP contribution in [0.15, 0.2) is 24.3 Å². The normalized spacial score (nSPS) is 20.9. The van der Waals surface area contributed by atoms with E-state index >= 15 is 0 Å². The first-order valence-corrected chi connectivity index (χ1v) is 6.96. The Labute approximate surface area is 119 Å². The molecule has 2 rings (SSSR count). The molecule has 4 heteroatoms. The van der Waals surface area contributed by atoms with Gasteiger partial charge in [-0.3, -0.25) is 9.59 Å². The predicted molar refractivity (Wildman–Crippen MR) is 74.3 cm³/mol. The van der Waals surface area contributed by atoms with E-state index in [0.29, 0.717) is 13.0 Å². The molecule has 0 amide bonds. The summed E-state index contributed by atoms with van der Waals surface area (Å²) in [6, 6.07) is 8.20. The van der Waals surface area contributed by atoms with Gasteiger partial charge in [-0.1, -0.05) is 24.3 Å². The van der Waals surface area contributed by atoms with Crippen molar-refractivity contribution in [1.82, 2.24) is 0 Å². The van der Waals surface area contributed by atoms with E-state index in [-0.39, 0.29) is 24.0 Å². The van der Waals surface area contributed by atoms with Crippen molar-refractivity contribution in [3.05, 3.63) is 35.4 Å².